The molecule has 2 aromatic heterocycles. The summed E-state index contributed by atoms with van der Waals surface area (Å²) in [7, 11) is 0. The van der Waals surface area contributed by atoms with Gasteiger partial charge in [-0.1, -0.05) is 6.42 Å². The lowest BCUT2D eigenvalue weighted by Gasteiger charge is -2.23. The van der Waals surface area contributed by atoms with Gasteiger partial charge in [-0.25, -0.2) is 9.97 Å². The summed E-state index contributed by atoms with van der Waals surface area (Å²) in [6, 6.07) is 0. The van der Waals surface area contributed by atoms with E-state index in [-0.39, 0.29) is 6.10 Å². The highest BCUT2D eigenvalue weighted by atomic mass is 32.1. The van der Waals surface area contributed by atoms with Gasteiger partial charge in [-0.3, -0.25) is 0 Å². The normalized spacial score (nSPS) is 23.1. The van der Waals surface area contributed by atoms with Crippen LogP contribution in [0.1, 0.15) is 68.2 Å². The van der Waals surface area contributed by atoms with Crippen LogP contribution in [0.15, 0.2) is 6.33 Å². The fourth-order valence-corrected chi connectivity index (χ4v) is 5.35. The van der Waals surface area contributed by atoms with E-state index in [1.54, 1.807) is 17.7 Å². The van der Waals surface area contributed by atoms with Crippen molar-refractivity contribution in [3.8, 4) is 5.88 Å². The molecule has 0 amide bonds. The Labute approximate surface area is 140 Å². The SMILES string of the molecule is C[C@@H](O)C[C@H]1CCc2sc3ncnc(OC4CCCCC4)c3c21. The van der Waals surface area contributed by atoms with Gasteiger partial charge in [0.1, 0.15) is 17.3 Å². The second-order valence-electron chi connectivity index (χ2n) is 7.00. The molecule has 1 saturated carbocycles. The first-order valence-corrected chi connectivity index (χ1v) is 9.65. The standard InChI is InChI=1S/C18H24N2O2S/c1-11(21)9-12-7-8-14-15(12)16-17(19-10-20-18(16)23-14)22-13-5-3-2-4-6-13/h10-13,21H,2-9H2,1H3/t11-,12-/m1/s1. The fourth-order valence-electron chi connectivity index (χ4n) is 4.12. The van der Waals surface area contributed by atoms with E-state index in [4.69, 9.17) is 4.74 Å². The topological polar surface area (TPSA) is 55.2 Å². The minimum atomic E-state index is -0.270. The second kappa shape index (κ2) is 6.36. The summed E-state index contributed by atoms with van der Waals surface area (Å²) in [6.07, 6.45) is 10.8. The van der Waals surface area contributed by atoms with Gasteiger partial charge in [0.05, 0.1) is 11.5 Å². The van der Waals surface area contributed by atoms with Crippen molar-refractivity contribution < 1.29 is 9.84 Å². The van der Waals surface area contributed by atoms with Crippen LogP contribution in [0, 0.1) is 0 Å². The molecule has 0 aromatic carbocycles. The van der Waals surface area contributed by atoms with Gasteiger partial charge in [-0.05, 0) is 63.4 Å². The van der Waals surface area contributed by atoms with E-state index in [1.807, 2.05) is 6.92 Å². The van der Waals surface area contributed by atoms with Crippen LogP contribution in [0.2, 0.25) is 0 Å². The minimum absolute atomic E-state index is 0.270. The highest BCUT2D eigenvalue weighted by Crippen LogP contribution is 2.47. The number of aryl methyl sites for hydroxylation is 1. The maximum absolute atomic E-state index is 9.82. The summed E-state index contributed by atoms with van der Waals surface area (Å²) in [4.78, 5) is 11.4. The lowest BCUT2D eigenvalue weighted by molar-refractivity contribution is 0.150. The summed E-state index contributed by atoms with van der Waals surface area (Å²) in [5, 5.41) is 10.9. The third-order valence-electron chi connectivity index (χ3n) is 5.15. The summed E-state index contributed by atoms with van der Waals surface area (Å²) in [5.41, 5.74) is 1.36. The van der Waals surface area contributed by atoms with Crippen molar-refractivity contribution >= 4 is 21.6 Å². The van der Waals surface area contributed by atoms with E-state index in [1.165, 1.54) is 29.7 Å². The van der Waals surface area contributed by atoms with E-state index in [0.717, 1.165) is 48.2 Å². The molecule has 4 rings (SSSR count). The van der Waals surface area contributed by atoms with E-state index >= 15 is 0 Å². The molecule has 5 heteroatoms. The molecule has 0 saturated heterocycles. The van der Waals surface area contributed by atoms with E-state index in [9.17, 15) is 5.11 Å². The molecular formula is C18H24N2O2S. The molecule has 4 nitrogen and oxygen atoms in total. The molecule has 124 valence electrons. The third-order valence-corrected chi connectivity index (χ3v) is 6.32. The second-order valence-corrected chi connectivity index (χ2v) is 8.08. The van der Waals surface area contributed by atoms with Crippen LogP contribution in [0.25, 0.3) is 10.2 Å². The van der Waals surface area contributed by atoms with Gasteiger partial charge in [-0.15, -0.1) is 11.3 Å². The predicted octanol–water partition coefficient (Wildman–Crippen LogP) is 4.20. The Bertz CT molecular complexity index is 692. The molecule has 2 heterocycles. The fraction of sp³-hybridized carbons (Fsp3) is 0.667. The Morgan fingerprint density at radius 1 is 1.26 bits per heavy atom. The van der Waals surface area contributed by atoms with Crippen molar-refractivity contribution in [2.45, 2.75) is 76.4 Å². The van der Waals surface area contributed by atoms with Crippen LogP contribution in [-0.2, 0) is 6.42 Å². The van der Waals surface area contributed by atoms with Gasteiger partial charge >= 0.3 is 0 Å². The van der Waals surface area contributed by atoms with Gasteiger partial charge in [0.25, 0.3) is 0 Å². The molecule has 0 spiro atoms. The molecule has 2 atom stereocenters. The quantitative estimate of drug-likeness (QED) is 0.911. The van der Waals surface area contributed by atoms with Crippen molar-refractivity contribution in [2.75, 3.05) is 0 Å². The number of rotatable bonds is 4. The molecule has 0 unspecified atom stereocenters. The van der Waals surface area contributed by atoms with Gasteiger partial charge in [-0.2, -0.15) is 0 Å². The number of aliphatic hydroxyl groups excluding tert-OH is 1. The maximum atomic E-state index is 9.82. The molecule has 1 N–H and O–H groups in total. The molecule has 1 fully saturated rings. The third kappa shape index (κ3) is 2.96. The van der Waals surface area contributed by atoms with Crippen molar-refractivity contribution in [1.82, 2.24) is 9.97 Å². The molecule has 0 bridgehead atoms. The van der Waals surface area contributed by atoms with Crippen molar-refractivity contribution in [1.29, 1.82) is 0 Å². The van der Waals surface area contributed by atoms with E-state index in [0.29, 0.717) is 12.0 Å². The predicted molar refractivity (Wildman–Crippen MR) is 92.3 cm³/mol. The average Bonchev–Trinajstić information content (AvgIpc) is 3.08. The molecular weight excluding hydrogens is 308 g/mol. The highest BCUT2D eigenvalue weighted by Gasteiger charge is 2.31. The van der Waals surface area contributed by atoms with Crippen LogP contribution in [0.3, 0.4) is 0 Å². The van der Waals surface area contributed by atoms with Gasteiger partial charge in [0.2, 0.25) is 5.88 Å². The first-order valence-electron chi connectivity index (χ1n) is 8.83. The van der Waals surface area contributed by atoms with Crippen molar-refractivity contribution in [3.05, 3.63) is 16.8 Å². The number of thiophene rings is 1. The summed E-state index contributed by atoms with van der Waals surface area (Å²) in [5.74, 6) is 1.19. The largest absolute Gasteiger partial charge is 0.474 e. The van der Waals surface area contributed by atoms with E-state index < -0.39 is 0 Å². The first-order chi connectivity index (χ1) is 11.2. The summed E-state index contributed by atoms with van der Waals surface area (Å²) < 4.78 is 6.30. The molecule has 23 heavy (non-hydrogen) atoms. The Morgan fingerprint density at radius 3 is 2.87 bits per heavy atom. The van der Waals surface area contributed by atoms with Crippen molar-refractivity contribution in [2.24, 2.45) is 0 Å². The Morgan fingerprint density at radius 2 is 2.09 bits per heavy atom. The zero-order valence-electron chi connectivity index (χ0n) is 13.6. The van der Waals surface area contributed by atoms with Crippen LogP contribution >= 0.6 is 11.3 Å². The van der Waals surface area contributed by atoms with Gasteiger partial charge in [0.15, 0.2) is 0 Å². The Balaban J connectivity index is 1.71. The Kier molecular flexibility index (Phi) is 4.24. The number of nitrogens with zero attached hydrogens (tertiary/aromatic N) is 2. The molecule has 2 aliphatic carbocycles. The first kappa shape index (κ1) is 15.3. The molecule has 2 aromatic rings. The number of hydrogen-bond donors (Lipinski definition) is 1. The number of ether oxygens (including phenoxy) is 1. The maximum Gasteiger partial charge on any atom is 0.225 e. The monoisotopic (exact) mass is 332 g/mol. The minimum Gasteiger partial charge on any atom is -0.474 e. The van der Waals surface area contributed by atoms with E-state index in [2.05, 4.69) is 9.97 Å². The smallest absolute Gasteiger partial charge is 0.225 e. The zero-order chi connectivity index (χ0) is 15.8. The number of hydrogen-bond acceptors (Lipinski definition) is 5. The van der Waals surface area contributed by atoms with Crippen LogP contribution in [0.5, 0.6) is 5.88 Å². The zero-order valence-corrected chi connectivity index (χ0v) is 14.4. The Hall–Kier alpha value is -1.20. The molecule has 0 aliphatic heterocycles. The van der Waals surface area contributed by atoms with Gasteiger partial charge in [0, 0.05) is 4.88 Å². The lowest BCUT2D eigenvalue weighted by atomic mass is 9.95. The summed E-state index contributed by atoms with van der Waals surface area (Å²) in [6.45, 7) is 1.88. The van der Waals surface area contributed by atoms with Crippen LogP contribution in [-0.4, -0.2) is 27.3 Å². The number of fused-ring (bicyclic) bond motifs is 3. The van der Waals surface area contributed by atoms with Gasteiger partial charge < -0.3 is 9.84 Å². The van der Waals surface area contributed by atoms with Crippen LogP contribution in [0.4, 0.5) is 0 Å². The van der Waals surface area contributed by atoms with Crippen molar-refractivity contribution in [3.63, 3.8) is 0 Å². The highest BCUT2D eigenvalue weighted by molar-refractivity contribution is 7.19. The van der Waals surface area contributed by atoms with Crippen LogP contribution < -0.4 is 4.74 Å². The molecule has 2 aliphatic rings. The average molecular weight is 332 g/mol. The number of aromatic nitrogens is 2. The molecule has 0 radical (unpaired) electrons. The lowest BCUT2D eigenvalue weighted by Crippen LogP contribution is -2.20. The summed E-state index contributed by atoms with van der Waals surface area (Å²) >= 11 is 1.78. The number of aliphatic hydroxyl groups is 1.